The van der Waals surface area contributed by atoms with Gasteiger partial charge >= 0.3 is 0 Å². The standard InChI is InChI=1S/C54H34N4O/c1-3-15-35(16-4-1)49-50(56-47-29-9-8-28-46(47)55-49)43-25-13-23-41(33-43)39-21-11-19-37(31-39)38-20-12-22-40(32-38)42-24-14-26-44(34-42)54-57-51(36-17-5-2-6-18-36)53-52(58-54)45-27-7-10-30-48(45)59-53/h1-34H. The van der Waals surface area contributed by atoms with Crippen LogP contribution in [0.4, 0.5) is 0 Å². The van der Waals surface area contributed by atoms with Crippen LogP contribution < -0.4 is 0 Å². The average Bonchev–Trinajstić information content (AvgIpc) is 3.70. The van der Waals surface area contributed by atoms with Gasteiger partial charge in [0, 0.05) is 27.6 Å². The van der Waals surface area contributed by atoms with Crippen LogP contribution in [0.1, 0.15) is 0 Å². The van der Waals surface area contributed by atoms with E-state index in [0.717, 1.165) is 100 Å². The Hall–Kier alpha value is -8.02. The smallest absolute Gasteiger partial charge is 0.180 e. The van der Waals surface area contributed by atoms with Crippen molar-refractivity contribution in [3.8, 4) is 78.5 Å². The SMILES string of the molecule is c1ccc(-c2nc3ccccc3nc2-c2cccc(-c3cccc(-c4cccc(-c5cccc(-c6nc(-c7ccccc7)c7oc8ccccc8c7n6)c5)c4)c3)c2)cc1. The van der Waals surface area contributed by atoms with Crippen LogP contribution in [0.5, 0.6) is 0 Å². The minimum absolute atomic E-state index is 0.654. The van der Waals surface area contributed by atoms with Crippen molar-refractivity contribution in [3.63, 3.8) is 0 Å². The summed E-state index contributed by atoms with van der Waals surface area (Å²) >= 11 is 0. The molecule has 0 amide bonds. The summed E-state index contributed by atoms with van der Waals surface area (Å²) in [7, 11) is 0. The van der Waals surface area contributed by atoms with Crippen molar-refractivity contribution in [2.45, 2.75) is 0 Å². The van der Waals surface area contributed by atoms with Crippen molar-refractivity contribution >= 4 is 33.1 Å². The minimum atomic E-state index is 0.654. The van der Waals surface area contributed by atoms with Crippen LogP contribution in [0.2, 0.25) is 0 Å². The molecule has 0 aliphatic carbocycles. The van der Waals surface area contributed by atoms with Crippen LogP contribution in [0.25, 0.3) is 112 Å². The average molecular weight is 755 g/mol. The highest BCUT2D eigenvalue weighted by molar-refractivity contribution is 6.07. The molecule has 0 aliphatic heterocycles. The molecule has 3 heterocycles. The number of rotatable bonds is 7. The van der Waals surface area contributed by atoms with Crippen molar-refractivity contribution in [1.29, 1.82) is 0 Å². The maximum atomic E-state index is 6.34. The summed E-state index contributed by atoms with van der Waals surface area (Å²) in [5.41, 5.74) is 17.2. The van der Waals surface area contributed by atoms with E-state index in [2.05, 4.69) is 127 Å². The lowest BCUT2D eigenvalue weighted by Crippen LogP contribution is -1.95. The van der Waals surface area contributed by atoms with E-state index < -0.39 is 0 Å². The van der Waals surface area contributed by atoms with Gasteiger partial charge in [-0.25, -0.2) is 19.9 Å². The molecule has 0 N–H and O–H groups in total. The van der Waals surface area contributed by atoms with Gasteiger partial charge in [-0.15, -0.1) is 0 Å². The van der Waals surface area contributed by atoms with Crippen LogP contribution >= 0.6 is 0 Å². The second-order valence-electron chi connectivity index (χ2n) is 14.6. The predicted octanol–water partition coefficient (Wildman–Crippen LogP) is 14.0. The van der Waals surface area contributed by atoms with Gasteiger partial charge in [0.15, 0.2) is 11.4 Å². The summed E-state index contributed by atoms with van der Waals surface area (Å²) in [5.74, 6) is 0.654. The normalized spacial score (nSPS) is 11.4. The first-order valence-electron chi connectivity index (χ1n) is 19.7. The second kappa shape index (κ2) is 14.5. The highest BCUT2D eigenvalue weighted by Crippen LogP contribution is 2.38. The third-order valence-electron chi connectivity index (χ3n) is 10.9. The van der Waals surface area contributed by atoms with E-state index >= 15 is 0 Å². The molecular formula is C54H34N4O. The number of aromatic nitrogens is 4. The van der Waals surface area contributed by atoms with Gasteiger partial charge in [-0.3, -0.25) is 0 Å². The van der Waals surface area contributed by atoms with E-state index in [0.29, 0.717) is 11.4 Å². The van der Waals surface area contributed by atoms with Crippen molar-refractivity contribution in [1.82, 2.24) is 19.9 Å². The molecule has 5 heteroatoms. The van der Waals surface area contributed by atoms with Gasteiger partial charge in [0.05, 0.1) is 22.4 Å². The fourth-order valence-electron chi connectivity index (χ4n) is 7.95. The van der Waals surface area contributed by atoms with Gasteiger partial charge in [0.2, 0.25) is 0 Å². The Balaban J connectivity index is 0.948. The van der Waals surface area contributed by atoms with Crippen molar-refractivity contribution in [3.05, 3.63) is 206 Å². The maximum Gasteiger partial charge on any atom is 0.180 e. The second-order valence-corrected chi connectivity index (χ2v) is 14.6. The molecule has 0 spiro atoms. The predicted molar refractivity (Wildman–Crippen MR) is 240 cm³/mol. The number of benzene rings is 8. The largest absolute Gasteiger partial charge is 0.452 e. The molecule has 0 radical (unpaired) electrons. The van der Waals surface area contributed by atoms with Gasteiger partial charge in [-0.1, -0.05) is 158 Å². The molecule has 276 valence electrons. The lowest BCUT2D eigenvalue weighted by Gasteiger charge is -2.13. The van der Waals surface area contributed by atoms with E-state index in [4.69, 9.17) is 24.4 Å². The molecule has 11 aromatic rings. The molecule has 0 bridgehead atoms. The Kier molecular flexibility index (Phi) is 8.41. The number of nitrogens with zero attached hydrogens (tertiary/aromatic N) is 4. The fraction of sp³-hybridized carbons (Fsp3) is 0. The molecule has 3 aromatic heterocycles. The maximum absolute atomic E-state index is 6.34. The van der Waals surface area contributed by atoms with Gasteiger partial charge in [0.1, 0.15) is 16.8 Å². The number of hydrogen-bond acceptors (Lipinski definition) is 5. The number of furan rings is 1. The van der Waals surface area contributed by atoms with Crippen molar-refractivity contribution in [2.75, 3.05) is 0 Å². The summed E-state index contributed by atoms with van der Waals surface area (Å²) in [6, 6.07) is 71.2. The Morgan fingerprint density at radius 3 is 1.27 bits per heavy atom. The molecule has 0 saturated heterocycles. The zero-order chi connectivity index (χ0) is 39.1. The molecule has 11 rings (SSSR count). The lowest BCUT2D eigenvalue weighted by molar-refractivity contribution is 0.667. The van der Waals surface area contributed by atoms with Gasteiger partial charge in [-0.2, -0.15) is 0 Å². The Labute approximate surface area is 341 Å². The summed E-state index contributed by atoms with van der Waals surface area (Å²) < 4.78 is 6.34. The van der Waals surface area contributed by atoms with E-state index in [9.17, 15) is 0 Å². The van der Waals surface area contributed by atoms with E-state index in [1.54, 1.807) is 0 Å². The highest BCUT2D eigenvalue weighted by atomic mass is 16.3. The van der Waals surface area contributed by atoms with Crippen molar-refractivity contribution < 1.29 is 4.42 Å². The summed E-state index contributed by atoms with van der Waals surface area (Å²) in [5, 5.41) is 0.973. The topological polar surface area (TPSA) is 64.7 Å². The molecule has 5 nitrogen and oxygen atoms in total. The van der Waals surface area contributed by atoms with Gasteiger partial charge in [0.25, 0.3) is 0 Å². The number of para-hydroxylation sites is 3. The highest BCUT2D eigenvalue weighted by Gasteiger charge is 2.19. The first-order valence-corrected chi connectivity index (χ1v) is 19.7. The van der Waals surface area contributed by atoms with E-state index in [-0.39, 0.29) is 0 Å². The molecular weight excluding hydrogens is 721 g/mol. The molecule has 0 aliphatic rings. The van der Waals surface area contributed by atoms with Crippen LogP contribution in [0, 0.1) is 0 Å². The Morgan fingerprint density at radius 2 is 0.695 bits per heavy atom. The minimum Gasteiger partial charge on any atom is -0.452 e. The Bertz CT molecular complexity index is 3340. The first-order chi connectivity index (χ1) is 29.2. The number of fused-ring (bicyclic) bond motifs is 4. The molecule has 59 heavy (non-hydrogen) atoms. The van der Waals surface area contributed by atoms with Gasteiger partial charge < -0.3 is 4.42 Å². The van der Waals surface area contributed by atoms with E-state index in [1.807, 2.05) is 78.9 Å². The molecule has 8 aromatic carbocycles. The fourth-order valence-corrected chi connectivity index (χ4v) is 7.95. The van der Waals surface area contributed by atoms with Crippen molar-refractivity contribution in [2.24, 2.45) is 0 Å². The third-order valence-corrected chi connectivity index (χ3v) is 10.9. The van der Waals surface area contributed by atoms with Crippen LogP contribution in [0.15, 0.2) is 211 Å². The monoisotopic (exact) mass is 754 g/mol. The Morgan fingerprint density at radius 1 is 0.288 bits per heavy atom. The zero-order valence-electron chi connectivity index (χ0n) is 31.8. The first kappa shape index (κ1) is 34.2. The van der Waals surface area contributed by atoms with Crippen LogP contribution in [-0.2, 0) is 0 Å². The summed E-state index contributed by atoms with van der Waals surface area (Å²) in [6.07, 6.45) is 0. The third kappa shape index (κ3) is 6.41. The molecule has 0 fully saturated rings. The molecule has 0 saturated carbocycles. The molecule has 0 atom stereocenters. The lowest BCUT2D eigenvalue weighted by atomic mass is 9.94. The van der Waals surface area contributed by atoms with Gasteiger partial charge in [-0.05, 0) is 81.9 Å². The number of hydrogen-bond donors (Lipinski definition) is 0. The zero-order valence-corrected chi connectivity index (χ0v) is 31.8. The van der Waals surface area contributed by atoms with Crippen LogP contribution in [0.3, 0.4) is 0 Å². The van der Waals surface area contributed by atoms with E-state index in [1.165, 1.54) is 0 Å². The summed E-state index contributed by atoms with van der Waals surface area (Å²) in [6.45, 7) is 0. The quantitative estimate of drug-likeness (QED) is 0.162. The molecule has 0 unspecified atom stereocenters. The van der Waals surface area contributed by atoms with Crippen LogP contribution in [-0.4, -0.2) is 19.9 Å². The summed E-state index contributed by atoms with van der Waals surface area (Å²) in [4.78, 5) is 20.5.